The molecule has 69 heavy (non-hydrogen) atoms. The van der Waals surface area contributed by atoms with Crippen LogP contribution in [0.25, 0.3) is 33.3 Å². The summed E-state index contributed by atoms with van der Waals surface area (Å²) in [5, 5.41) is 5.84. The number of rotatable bonds is 19. The van der Waals surface area contributed by atoms with Crippen molar-refractivity contribution in [1.82, 2.24) is 35.1 Å². The SMILES string of the molecule is C=CC(=O)N1CCC(C(=O)N(C2COC2)C(C(=O)NC(Cc2cccc(-c3ccc4c(c3)c(CC(C)(C)COC(C)=O)c(-c3cccnc3C(C)OC)n4CC)c2)C(=O)N2CCCCN2)C(C)C)C1. The van der Waals surface area contributed by atoms with Crippen molar-refractivity contribution in [2.24, 2.45) is 17.3 Å². The van der Waals surface area contributed by atoms with Gasteiger partial charge in [-0.05, 0) is 98.0 Å². The molecule has 2 N–H and O–H groups in total. The number of amides is 4. The molecular formula is C54H71N7O8. The van der Waals surface area contributed by atoms with Gasteiger partial charge in [0.25, 0.3) is 5.91 Å². The maximum absolute atomic E-state index is 14.8. The van der Waals surface area contributed by atoms with Crippen molar-refractivity contribution in [3.8, 4) is 22.4 Å². The molecule has 2 aromatic heterocycles. The molecular weight excluding hydrogens is 875 g/mol. The van der Waals surface area contributed by atoms with E-state index in [1.54, 1.807) is 28.1 Å². The van der Waals surface area contributed by atoms with Gasteiger partial charge in [0.05, 0.1) is 49.3 Å². The molecule has 0 saturated carbocycles. The maximum Gasteiger partial charge on any atom is 0.302 e. The number of likely N-dealkylation sites (tertiary alicyclic amines) is 1. The molecule has 4 amide bonds. The Labute approximate surface area is 406 Å². The zero-order valence-corrected chi connectivity index (χ0v) is 41.7. The molecule has 3 aliphatic rings. The van der Waals surface area contributed by atoms with Gasteiger partial charge in [-0.1, -0.05) is 64.6 Å². The lowest BCUT2D eigenvalue weighted by Gasteiger charge is -2.44. The van der Waals surface area contributed by atoms with E-state index < -0.39 is 29.3 Å². The maximum atomic E-state index is 14.8. The fraction of sp³-hybridized carbons (Fsp3) is 0.519. The van der Waals surface area contributed by atoms with Crippen molar-refractivity contribution in [3.63, 3.8) is 0 Å². The van der Waals surface area contributed by atoms with E-state index in [0.717, 1.165) is 62.9 Å². The Hall–Kier alpha value is -5.90. The lowest BCUT2D eigenvalue weighted by molar-refractivity contribution is -0.161. The van der Waals surface area contributed by atoms with Crippen LogP contribution < -0.4 is 10.7 Å². The molecule has 3 fully saturated rings. The lowest BCUT2D eigenvalue weighted by atomic mass is 9.84. The van der Waals surface area contributed by atoms with Crippen LogP contribution in [-0.4, -0.2) is 125 Å². The van der Waals surface area contributed by atoms with Gasteiger partial charge < -0.3 is 33.9 Å². The van der Waals surface area contributed by atoms with Gasteiger partial charge in [0.2, 0.25) is 17.7 Å². The number of carbonyl (C=O) groups excluding carboxylic acids is 5. The summed E-state index contributed by atoms with van der Waals surface area (Å²) < 4.78 is 19.3. The van der Waals surface area contributed by atoms with Crippen molar-refractivity contribution < 1.29 is 38.2 Å². The molecule has 4 unspecified atom stereocenters. The second-order valence-electron chi connectivity index (χ2n) is 19.9. The summed E-state index contributed by atoms with van der Waals surface area (Å²) in [7, 11) is 1.69. The van der Waals surface area contributed by atoms with Crippen molar-refractivity contribution in [2.45, 2.75) is 111 Å². The highest BCUT2D eigenvalue weighted by Gasteiger charge is 2.45. The van der Waals surface area contributed by atoms with E-state index >= 15 is 0 Å². The third kappa shape index (κ3) is 11.4. The number of methoxy groups -OCH3 is 1. The zero-order chi connectivity index (χ0) is 49.6. The molecule has 2 aromatic carbocycles. The Morgan fingerprint density at radius 1 is 1.03 bits per heavy atom. The number of aryl methyl sites for hydroxylation is 1. The van der Waals surface area contributed by atoms with Gasteiger partial charge in [-0.25, -0.2) is 5.43 Å². The summed E-state index contributed by atoms with van der Waals surface area (Å²) in [4.78, 5) is 76.3. The highest BCUT2D eigenvalue weighted by atomic mass is 16.5. The Bertz CT molecular complexity index is 2520. The quantitative estimate of drug-likeness (QED) is 0.0767. The highest BCUT2D eigenvalue weighted by molar-refractivity contribution is 5.96. The van der Waals surface area contributed by atoms with Crippen molar-refractivity contribution in [1.29, 1.82) is 0 Å². The number of benzene rings is 2. The molecule has 3 aliphatic heterocycles. The Balaban J connectivity index is 1.24. The van der Waals surface area contributed by atoms with Crippen molar-refractivity contribution in [2.75, 3.05) is 53.1 Å². The van der Waals surface area contributed by atoms with E-state index in [4.69, 9.17) is 19.2 Å². The van der Waals surface area contributed by atoms with E-state index in [1.807, 2.05) is 39.0 Å². The number of hydrogen-bond donors (Lipinski definition) is 2. The number of ether oxygens (including phenoxy) is 3. The normalized spacial score (nSPS) is 17.8. The fourth-order valence-corrected chi connectivity index (χ4v) is 10.1. The first-order valence-electron chi connectivity index (χ1n) is 24.6. The van der Waals surface area contributed by atoms with E-state index in [0.29, 0.717) is 52.2 Å². The summed E-state index contributed by atoms with van der Waals surface area (Å²) in [6, 6.07) is 16.5. The molecule has 3 saturated heterocycles. The second kappa shape index (κ2) is 22.2. The summed E-state index contributed by atoms with van der Waals surface area (Å²) in [6.45, 7) is 20.6. The molecule has 15 nitrogen and oxygen atoms in total. The minimum atomic E-state index is -0.945. The monoisotopic (exact) mass is 946 g/mol. The molecule has 0 radical (unpaired) electrons. The molecule has 7 rings (SSSR count). The van der Waals surface area contributed by atoms with Crippen LogP contribution in [0.3, 0.4) is 0 Å². The number of fused-ring (bicyclic) bond motifs is 1. The third-order valence-electron chi connectivity index (χ3n) is 13.8. The van der Waals surface area contributed by atoms with Gasteiger partial charge in [-0.2, -0.15) is 0 Å². The van der Waals surface area contributed by atoms with Crippen molar-refractivity contribution >= 4 is 40.5 Å². The van der Waals surface area contributed by atoms with Crippen LogP contribution in [0, 0.1) is 17.3 Å². The molecule has 0 spiro atoms. The predicted octanol–water partition coefficient (Wildman–Crippen LogP) is 6.67. The van der Waals surface area contributed by atoms with E-state index in [9.17, 15) is 24.0 Å². The van der Waals surface area contributed by atoms with E-state index in [1.165, 1.54) is 13.0 Å². The number of hydrogen-bond acceptors (Lipinski definition) is 10. The highest BCUT2D eigenvalue weighted by Crippen LogP contribution is 2.42. The van der Waals surface area contributed by atoms with E-state index in [2.05, 4.69) is 79.1 Å². The smallest absolute Gasteiger partial charge is 0.302 e. The Morgan fingerprint density at radius 3 is 2.45 bits per heavy atom. The van der Waals surface area contributed by atoms with Gasteiger partial charge in [-0.15, -0.1) is 0 Å². The molecule has 5 heterocycles. The first-order valence-corrected chi connectivity index (χ1v) is 24.6. The minimum absolute atomic E-state index is 0.190. The van der Waals surface area contributed by atoms with Crippen LogP contribution >= 0.6 is 0 Å². The third-order valence-corrected chi connectivity index (χ3v) is 13.8. The van der Waals surface area contributed by atoms with Crippen molar-refractivity contribution in [3.05, 3.63) is 90.3 Å². The van der Waals surface area contributed by atoms with Gasteiger partial charge >= 0.3 is 5.97 Å². The largest absolute Gasteiger partial charge is 0.465 e. The molecule has 0 bridgehead atoms. The van der Waals surface area contributed by atoms with Crippen LogP contribution in [0.4, 0.5) is 0 Å². The number of aromatic nitrogens is 2. The number of esters is 1. The second-order valence-corrected chi connectivity index (χ2v) is 19.9. The number of nitrogens with one attached hydrogen (secondary N) is 2. The number of nitrogens with zero attached hydrogens (tertiary/aromatic N) is 5. The van der Waals surface area contributed by atoms with E-state index in [-0.39, 0.29) is 61.3 Å². The molecule has 4 atom stereocenters. The first-order chi connectivity index (χ1) is 33.0. The van der Waals surface area contributed by atoms with Gasteiger partial charge in [-0.3, -0.25) is 34.0 Å². The number of carbonyl (C=O) groups is 5. The fourth-order valence-electron chi connectivity index (χ4n) is 10.1. The summed E-state index contributed by atoms with van der Waals surface area (Å²) in [5.41, 5.74) is 10.6. The zero-order valence-electron chi connectivity index (χ0n) is 41.7. The summed E-state index contributed by atoms with van der Waals surface area (Å²) in [5.74, 6) is -2.15. The Kier molecular flexibility index (Phi) is 16.4. The lowest BCUT2D eigenvalue weighted by Crippen LogP contribution is -2.64. The Morgan fingerprint density at radius 2 is 1.80 bits per heavy atom. The van der Waals surface area contributed by atoms with Crippen LogP contribution in [-0.2, 0) is 57.6 Å². The topological polar surface area (TPSA) is 165 Å². The van der Waals surface area contributed by atoms with Crippen LogP contribution in [0.5, 0.6) is 0 Å². The molecule has 0 aliphatic carbocycles. The number of hydrazine groups is 1. The average molecular weight is 946 g/mol. The molecule has 15 heteroatoms. The summed E-state index contributed by atoms with van der Waals surface area (Å²) >= 11 is 0. The van der Waals surface area contributed by atoms with Gasteiger partial charge in [0.15, 0.2) is 0 Å². The van der Waals surface area contributed by atoms with Gasteiger partial charge in [0.1, 0.15) is 12.1 Å². The van der Waals surface area contributed by atoms with Gasteiger partial charge in [0, 0.05) is 81.3 Å². The first kappa shape index (κ1) is 51.0. The molecule has 4 aromatic rings. The minimum Gasteiger partial charge on any atom is -0.465 e. The predicted molar refractivity (Wildman–Crippen MR) is 265 cm³/mol. The molecule has 370 valence electrons. The number of pyridine rings is 1. The van der Waals surface area contributed by atoms with Crippen LogP contribution in [0.1, 0.15) is 90.7 Å². The standard InChI is InChI=1S/C54H71N7O8/c1-10-47(63)58-25-21-40(30-58)52(65)61(41-31-68-32-41)49(34(3)4)51(64)57-45(53(66)60-24-13-12-23-56-60)27-37-16-14-17-38(26-37)39-19-20-46-43(28-39)44(29-54(7,8)33-69-36(6)62)50(59(46)11-2)42-18-15-22-55-48(42)35(5)67-9/h10,14-20,22,26,28,34-35,40-41,45,49,56H,1,11-13,21,23-25,27,29-33H2,2-9H3,(H,57,64). The van der Waals surface area contributed by atoms with Crippen LogP contribution in [0.15, 0.2) is 73.4 Å². The average Bonchev–Trinajstić information content (AvgIpc) is 3.94. The van der Waals surface area contributed by atoms with Crippen LogP contribution in [0.2, 0.25) is 0 Å². The summed E-state index contributed by atoms with van der Waals surface area (Å²) in [6.07, 6.45) is 5.86.